The highest BCUT2D eigenvalue weighted by atomic mass is 16.1. The van der Waals surface area contributed by atoms with Gasteiger partial charge in [0.2, 0.25) is 5.82 Å². The predicted octanol–water partition coefficient (Wildman–Crippen LogP) is 0.0270. The lowest BCUT2D eigenvalue weighted by molar-refractivity contribution is -0.103. The van der Waals surface area contributed by atoms with Crippen molar-refractivity contribution in [2.75, 3.05) is 0 Å². The molecule has 0 saturated carbocycles. The molecule has 3 heteroatoms. The maximum absolute atomic E-state index is 9.75. The zero-order chi connectivity index (χ0) is 7.23. The molecule has 10 heavy (non-hydrogen) atoms. The number of hydrogen-bond donors (Lipinski definition) is 0. The fraction of sp³-hybridized carbons (Fsp3) is 0. The molecular weight excluding hydrogens is 128 g/mol. The van der Waals surface area contributed by atoms with E-state index in [4.69, 9.17) is 0 Å². The molecule has 0 saturated heterocycles. The molecule has 1 aromatic rings. The van der Waals surface area contributed by atoms with E-state index in [2.05, 4.69) is 21.8 Å². The van der Waals surface area contributed by atoms with Crippen LogP contribution >= 0.6 is 0 Å². The average molecular weight is 132 g/mol. The van der Waals surface area contributed by atoms with E-state index in [-0.39, 0.29) is 0 Å². The van der Waals surface area contributed by atoms with Crippen molar-refractivity contribution < 1.29 is 4.79 Å². The lowest BCUT2D eigenvalue weighted by atomic mass is 10.5. The smallest absolute Gasteiger partial charge is 0.205 e. The quantitative estimate of drug-likeness (QED) is 0.369. The summed E-state index contributed by atoms with van der Waals surface area (Å²) in [6, 6.07) is 1.69. The molecule has 0 aliphatic carbocycles. The van der Waals surface area contributed by atoms with Crippen LogP contribution in [-0.2, 0) is 4.79 Å². The summed E-state index contributed by atoms with van der Waals surface area (Å²) < 4.78 is 0. The molecule has 1 heterocycles. The van der Waals surface area contributed by atoms with Gasteiger partial charge in [-0.1, -0.05) is 0 Å². The number of aromatic nitrogens is 2. The summed E-state index contributed by atoms with van der Waals surface area (Å²) in [6.45, 7) is 0. The average Bonchev–Trinajstić information content (AvgIpc) is 2.03. The van der Waals surface area contributed by atoms with Crippen molar-refractivity contribution in [3.8, 4) is 11.8 Å². The zero-order valence-corrected chi connectivity index (χ0v) is 5.11. The Hall–Kier alpha value is -1.69. The van der Waals surface area contributed by atoms with E-state index in [1.807, 2.05) is 0 Å². The minimum Gasteiger partial charge on any atom is -0.289 e. The Morgan fingerprint density at radius 1 is 1.40 bits per heavy atom. The van der Waals surface area contributed by atoms with Gasteiger partial charge in [-0.05, 0) is 17.9 Å². The van der Waals surface area contributed by atoms with Crippen LogP contribution in [0, 0.1) is 11.8 Å². The molecule has 0 unspecified atom stereocenters. The van der Waals surface area contributed by atoms with Crippen molar-refractivity contribution in [3.63, 3.8) is 0 Å². The predicted molar refractivity (Wildman–Crippen MR) is 35.0 cm³/mol. The number of nitrogens with zero attached hydrogens (tertiary/aromatic N) is 2. The van der Waals surface area contributed by atoms with E-state index in [1.54, 1.807) is 18.5 Å². The largest absolute Gasteiger partial charge is 0.289 e. The lowest BCUT2D eigenvalue weighted by Gasteiger charge is -1.81. The molecule has 0 radical (unpaired) electrons. The fourth-order valence-corrected chi connectivity index (χ4v) is 0.458. The third-order valence-corrected chi connectivity index (χ3v) is 0.809. The molecule has 1 aromatic heterocycles. The van der Waals surface area contributed by atoms with Gasteiger partial charge in [0.05, 0.1) is 0 Å². The summed E-state index contributed by atoms with van der Waals surface area (Å²) >= 11 is 0. The van der Waals surface area contributed by atoms with Crippen LogP contribution in [0.3, 0.4) is 0 Å². The van der Waals surface area contributed by atoms with Gasteiger partial charge < -0.3 is 0 Å². The molecule has 0 aliphatic heterocycles. The van der Waals surface area contributed by atoms with E-state index in [0.29, 0.717) is 12.1 Å². The number of carbonyl (C=O) groups excluding carboxylic acids is 1. The molecule has 0 amide bonds. The van der Waals surface area contributed by atoms with Crippen LogP contribution in [0.2, 0.25) is 0 Å². The molecule has 0 aromatic carbocycles. The topological polar surface area (TPSA) is 42.9 Å². The highest BCUT2D eigenvalue weighted by Gasteiger charge is 1.81. The summed E-state index contributed by atoms with van der Waals surface area (Å²) in [5, 5.41) is 0. The van der Waals surface area contributed by atoms with Crippen molar-refractivity contribution in [2.24, 2.45) is 0 Å². The van der Waals surface area contributed by atoms with Crippen molar-refractivity contribution in [1.29, 1.82) is 0 Å². The van der Waals surface area contributed by atoms with Crippen LogP contribution in [0.5, 0.6) is 0 Å². The zero-order valence-electron chi connectivity index (χ0n) is 5.11. The maximum Gasteiger partial charge on any atom is 0.205 e. The van der Waals surface area contributed by atoms with Gasteiger partial charge >= 0.3 is 0 Å². The van der Waals surface area contributed by atoms with Crippen LogP contribution in [0.15, 0.2) is 18.5 Å². The molecule has 0 aliphatic rings. The molecule has 48 valence electrons. The van der Waals surface area contributed by atoms with Gasteiger partial charge in [-0.3, -0.25) is 4.79 Å². The molecule has 1 rings (SSSR count). The normalized spacial score (nSPS) is 7.60. The first kappa shape index (κ1) is 6.43. The Morgan fingerprint density at radius 3 is 2.70 bits per heavy atom. The standard InChI is InChI=1S/C7H4N2O/c10-6-1-3-7-8-4-2-5-9-7/h2,4-6H. The fourth-order valence-electron chi connectivity index (χ4n) is 0.458. The first-order valence-electron chi connectivity index (χ1n) is 2.65. The molecular formula is C7H4N2O. The summed E-state index contributed by atoms with van der Waals surface area (Å²) in [7, 11) is 0. The van der Waals surface area contributed by atoms with Crippen molar-refractivity contribution in [1.82, 2.24) is 9.97 Å². The molecule has 0 spiro atoms. The molecule has 0 N–H and O–H groups in total. The number of rotatable bonds is 0. The summed E-state index contributed by atoms with van der Waals surface area (Å²) in [4.78, 5) is 17.3. The second-order valence-electron chi connectivity index (χ2n) is 1.46. The number of carbonyl (C=O) groups is 1. The molecule has 3 nitrogen and oxygen atoms in total. The van der Waals surface area contributed by atoms with E-state index >= 15 is 0 Å². The van der Waals surface area contributed by atoms with Crippen molar-refractivity contribution >= 4 is 6.29 Å². The molecule has 0 atom stereocenters. The van der Waals surface area contributed by atoms with Crippen LogP contribution in [0.4, 0.5) is 0 Å². The Kier molecular flexibility index (Phi) is 2.16. The van der Waals surface area contributed by atoms with Crippen LogP contribution in [-0.4, -0.2) is 16.3 Å². The highest BCUT2D eigenvalue weighted by molar-refractivity contribution is 5.73. The first-order valence-corrected chi connectivity index (χ1v) is 2.65. The van der Waals surface area contributed by atoms with Crippen molar-refractivity contribution in [2.45, 2.75) is 0 Å². The van der Waals surface area contributed by atoms with E-state index in [1.165, 1.54) is 0 Å². The Balaban J connectivity index is 2.86. The first-order chi connectivity index (χ1) is 4.93. The lowest BCUT2D eigenvalue weighted by Crippen LogP contribution is -1.84. The van der Waals surface area contributed by atoms with Gasteiger partial charge in [0.25, 0.3) is 0 Å². The van der Waals surface area contributed by atoms with Gasteiger partial charge in [-0.15, -0.1) is 0 Å². The van der Waals surface area contributed by atoms with Crippen LogP contribution in [0.1, 0.15) is 5.82 Å². The minimum atomic E-state index is 0.370. The van der Waals surface area contributed by atoms with Gasteiger partial charge in [-0.25, -0.2) is 9.97 Å². The van der Waals surface area contributed by atoms with Gasteiger partial charge in [0, 0.05) is 12.4 Å². The van der Waals surface area contributed by atoms with Crippen LogP contribution in [0.25, 0.3) is 0 Å². The minimum absolute atomic E-state index is 0.370. The Morgan fingerprint density at radius 2 is 2.10 bits per heavy atom. The second kappa shape index (κ2) is 3.36. The monoisotopic (exact) mass is 132 g/mol. The summed E-state index contributed by atoms with van der Waals surface area (Å²) in [5.41, 5.74) is 0. The molecule has 0 bridgehead atoms. The third-order valence-electron chi connectivity index (χ3n) is 0.809. The summed E-state index contributed by atoms with van der Waals surface area (Å²) in [6.07, 6.45) is 3.65. The number of hydrogen-bond acceptors (Lipinski definition) is 3. The second-order valence-corrected chi connectivity index (χ2v) is 1.46. The van der Waals surface area contributed by atoms with Gasteiger partial charge in [0.15, 0.2) is 6.29 Å². The van der Waals surface area contributed by atoms with Crippen molar-refractivity contribution in [3.05, 3.63) is 24.3 Å². The van der Waals surface area contributed by atoms with Crippen LogP contribution < -0.4 is 0 Å². The highest BCUT2D eigenvalue weighted by Crippen LogP contribution is 1.80. The van der Waals surface area contributed by atoms with E-state index in [0.717, 1.165) is 0 Å². The maximum atomic E-state index is 9.75. The Labute approximate surface area is 58.1 Å². The van der Waals surface area contributed by atoms with Gasteiger partial charge in [-0.2, -0.15) is 0 Å². The Bertz CT molecular complexity index is 271. The third kappa shape index (κ3) is 1.67. The number of aldehydes is 1. The SMILES string of the molecule is O=CC#Cc1ncccn1. The van der Waals surface area contributed by atoms with Gasteiger partial charge in [0.1, 0.15) is 0 Å². The van der Waals surface area contributed by atoms with E-state index < -0.39 is 0 Å². The summed E-state index contributed by atoms with van der Waals surface area (Å²) in [5.74, 6) is 5.03. The van der Waals surface area contributed by atoms with E-state index in [9.17, 15) is 4.79 Å². The molecule has 0 fully saturated rings.